The van der Waals surface area contributed by atoms with Crippen LogP contribution in [0.15, 0.2) is 54.6 Å². The fourth-order valence-corrected chi connectivity index (χ4v) is 3.73. The molecule has 26 heavy (non-hydrogen) atoms. The second kappa shape index (κ2) is 7.22. The molecule has 1 aromatic heterocycles. The SMILES string of the molecule is O=C(NCCc1ccccc1)N1Cc2[nH]c3ccccc3c2CC1CO. The van der Waals surface area contributed by atoms with E-state index >= 15 is 0 Å². The van der Waals surface area contributed by atoms with Crippen LogP contribution in [-0.2, 0) is 19.4 Å². The Bertz CT molecular complexity index is 904. The second-order valence-electron chi connectivity index (χ2n) is 6.76. The van der Waals surface area contributed by atoms with Crippen LogP contribution >= 0.6 is 0 Å². The Morgan fingerprint density at radius 3 is 2.73 bits per heavy atom. The van der Waals surface area contributed by atoms with Gasteiger partial charge in [0.1, 0.15) is 0 Å². The minimum absolute atomic E-state index is 0.0367. The molecule has 134 valence electrons. The van der Waals surface area contributed by atoms with E-state index < -0.39 is 0 Å². The van der Waals surface area contributed by atoms with E-state index in [2.05, 4.69) is 28.5 Å². The van der Waals surface area contributed by atoms with E-state index in [1.54, 1.807) is 4.90 Å². The number of carbonyl (C=O) groups is 1. The molecule has 2 heterocycles. The second-order valence-corrected chi connectivity index (χ2v) is 6.76. The van der Waals surface area contributed by atoms with Crippen molar-refractivity contribution >= 4 is 16.9 Å². The summed E-state index contributed by atoms with van der Waals surface area (Å²) in [5.41, 5.74) is 4.56. The van der Waals surface area contributed by atoms with Gasteiger partial charge in [-0.3, -0.25) is 0 Å². The van der Waals surface area contributed by atoms with Crippen LogP contribution in [0.2, 0.25) is 0 Å². The van der Waals surface area contributed by atoms with Crippen LogP contribution in [0.5, 0.6) is 0 Å². The molecule has 0 spiro atoms. The number of aromatic nitrogens is 1. The number of amides is 2. The average molecular weight is 349 g/mol. The molecule has 3 aromatic rings. The molecule has 0 saturated heterocycles. The predicted molar refractivity (Wildman–Crippen MR) is 102 cm³/mol. The first kappa shape index (κ1) is 16.7. The number of fused-ring (bicyclic) bond motifs is 3. The van der Waals surface area contributed by atoms with E-state index in [-0.39, 0.29) is 18.7 Å². The Balaban J connectivity index is 1.46. The van der Waals surface area contributed by atoms with Crippen molar-refractivity contribution in [3.05, 3.63) is 71.4 Å². The minimum atomic E-state index is -0.196. The topological polar surface area (TPSA) is 68.4 Å². The normalized spacial score (nSPS) is 16.5. The first-order valence-corrected chi connectivity index (χ1v) is 9.04. The molecule has 0 bridgehead atoms. The van der Waals surface area contributed by atoms with Gasteiger partial charge in [-0.05, 0) is 30.0 Å². The van der Waals surface area contributed by atoms with Crippen LogP contribution in [0.3, 0.4) is 0 Å². The molecule has 1 aliphatic heterocycles. The highest BCUT2D eigenvalue weighted by molar-refractivity contribution is 5.85. The Morgan fingerprint density at radius 1 is 1.15 bits per heavy atom. The van der Waals surface area contributed by atoms with Gasteiger partial charge in [0.2, 0.25) is 0 Å². The van der Waals surface area contributed by atoms with Crippen molar-refractivity contribution in [3.63, 3.8) is 0 Å². The summed E-state index contributed by atoms with van der Waals surface area (Å²) in [4.78, 5) is 17.8. The van der Waals surface area contributed by atoms with Crippen LogP contribution in [0.4, 0.5) is 4.79 Å². The third-order valence-electron chi connectivity index (χ3n) is 5.12. The largest absolute Gasteiger partial charge is 0.394 e. The number of nitrogens with zero attached hydrogens (tertiary/aromatic N) is 1. The van der Waals surface area contributed by atoms with E-state index in [9.17, 15) is 9.90 Å². The monoisotopic (exact) mass is 349 g/mol. The van der Waals surface area contributed by atoms with Gasteiger partial charge >= 0.3 is 6.03 Å². The Hall–Kier alpha value is -2.79. The molecule has 1 unspecified atom stereocenters. The van der Waals surface area contributed by atoms with E-state index in [0.717, 1.165) is 17.6 Å². The third kappa shape index (κ3) is 3.18. The summed E-state index contributed by atoms with van der Waals surface area (Å²) in [6, 6.07) is 17.9. The summed E-state index contributed by atoms with van der Waals surface area (Å²) >= 11 is 0. The highest BCUT2D eigenvalue weighted by Gasteiger charge is 2.31. The Kier molecular flexibility index (Phi) is 4.63. The lowest BCUT2D eigenvalue weighted by atomic mass is 9.97. The quantitative estimate of drug-likeness (QED) is 0.678. The van der Waals surface area contributed by atoms with Gasteiger partial charge in [0.15, 0.2) is 0 Å². The van der Waals surface area contributed by atoms with E-state index in [0.29, 0.717) is 19.5 Å². The lowest BCUT2D eigenvalue weighted by molar-refractivity contribution is 0.120. The van der Waals surface area contributed by atoms with E-state index in [1.807, 2.05) is 36.4 Å². The number of carbonyl (C=O) groups excluding carboxylic acids is 1. The summed E-state index contributed by atoms with van der Waals surface area (Å²) in [6.07, 6.45) is 1.46. The number of benzene rings is 2. The van der Waals surface area contributed by atoms with Crippen molar-refractivity contribution in [1.29, 1.82) is 0 Å². The van der Waals surface area contributed by atoms with Gasteiger partial charge in [-0.25, -0.2) is 4.79 Å². The average Bonchev–Trinajstić information content (AvgIpc) is 3.05. The molecule has 4 rings (SSSR count). The molecule has 2 aromatic carbocycles. The van der Waals surface area contributed by atoms with Crippen molar-refractivity contribution < 1.29 is 9.90 Å². The first-order chi connectivity index (χ1) is 12.8. The highest BCUT2D eigenvalue weighted by Crippen LogP contribution is 2.30. The molecule has 2 amide bonds. The van der Waals surface area contributed by atoms with Gasteiger partial charge in [0.25, 0.3) is 0 Å². The minimum Gasteiger partial charge on any atom is -0.394 e. The molecular weight excluding hydrogens is 326 g/mol. The maximum Gasteiger partial charge on any atom is 0.318 e. The van der Waals surface area contributed by atoms with Crippen LogP contribution in [0, 0.1) is 0 Å². The van der Waals surface area contributed by atoms with Gasteiger partial charge in [-0.1, -0.05) is 48.5 Å². The maximum atomic E-state index is 12.7. The van der Waals surface area contributed by atoms with Crippen LogP contribution in [-0.4, -0.2) is 40.2 Å². The summed E-state index contributed by atoms with van der Waals surface area (Å²) in [6.45, 7) is 1.04. The zero-order valence-electron chi connectivity index (χ0n) is 14.6. The van der Waals surface area contributed by atoms with Crippen LogP contribution in [0.1, 0.15) is 16.8 Å². The van der Waals surface area contributed by atoms with Crippen LogP contribution < -0.4 is 5.32 Å². The highest BCUT2D eigenvalue weighted by atomic mass is 16.3. The Morgan fingerprint density at radius 2 is 1.92 bits per heavy atom. The summed E-state index contributed by atoms with van der Waals surface area (Å²) in [7, 11) is 0. The molecule has 0 fully saturated rings. The zero-order valence-corrected chi connectivity index (χ0v) is 14.6. The lowest BCUT2D eigenvalue weighted by Crippen LogP contribution is -2.50. The molecule has 1 aliphatic rings. The van der Waals surface area contributed by atoms with Gasteiger partial charge < -0.3 is 20.3 Å². The third-order valence-corrected chi connectivity index (χ3v) is 5.12. The van der Waals surface area contributed by atoms with Gasteiger partial charge in [0, 0.05) is 23.1 Å². The van der Waals surface area contributed by atoms with Gasteiger partial charge in [-0.2, -0.15) is 0 Å². The zero-order chi connectivity index (χ0) is 17.9. The number of nitrogens with one attached hydrogen (secondary N) is 2. The molecule has 0 radical (unpaired) electrons. The van der Waals surface area contributed by atoms with Crippen molar-refractivity contribution in [1.82, 2.24) is 15.2 Å². The molecule has 5 heteroatoms. The number of hydrogen-bond donors (Lipinski definition) is 3. The van der Waals surface area contributed by atoms with Crippen molar-refractivity contribution in [2.24, 2.45) is 0 Å². The number of rotatable bonds is 4. The fourth-order valence-electron chi connectivity index (χ4n) is 3.73. The molecular formula is C21H23N3O2. The molecule has 0 saturated carbocycles. The number of aliphatic hydroxyl groups excluding tert-OH is 1. The standard InChI is InChI=1S/C21H23N3O2/c25-14-16-12-18-17-8-4-5-9-19(17)23-20(18)13-24(16)21(26)22-11-10-15-6-2-1-3-7-15/h1-9,16,23,25H,10-14H2,(H,22,26). The van der Waals surface area contributed by atoms with Crippen LogP contribution in [0.25, 0.3) is 10.9 Å². The maximum absolute atomic E-state index is 12.7. The number of aliphatic hydroxyl groups is 1. The molecule has 0 aliphatic carbocycles. The summed E-state index contributed by atoms with van der Waals surface area (Å²) in [5.74, 6) is 0. The molecule has 1 atom stereocenters. The van der Waals surface area contributed by atoms with E-state index in [4.69, 9.17) is 0 Å². The first-order valence-electron chi connectivity index (χ1n) is 9.04. The van der Waals surface area contributed by atoms with Crippen molar-refractivity contribution in [3.8, 4) is 0 Å². The Labute approximate surface area is 152 Å². The van der Waals surface area contributed by atoms with Gasteiger partial charge in [-0.15, -0.1) is 0 Å². The fraction of sp³-hybridized carbons (Fsp3) is 0.286. The number of hydrogen-bond acceptors (Lipinski definition) is 2. The number of aromatic amines is 1. The lowest BCUT2D eigenvalue weighted by Gasteiger charge is -2.34. The van der Waals surface area contributed by atoms with E-state index in [1.165, 1.54) is 16.5 Å². The van der Waals surface area contributed by atoms with Crippen molar-refractivity contribution in [2.75, 3.05) is 13.2 Å². The van der Waals surface area contributed by atoms with Gasteiger partial charge in [0.05, 0.1) is 19.2 Å². The predicted octanol–water partition coefficient (Wildman–Crippen LogP) is 2.84. The molecule has 5 nitrogen and oxygen atoms in total. The summed E-state index contributed by atoms with van der Waals surface area (Å²) < 4.78 is 0. The summed E-state index contributed by atoms with van der Waals surface area (Å²) in [5, 5.41) is 14.0. The molecule has 3 N–H and O–H groups in total. The smallest absolute Gasteiger partial charge is 0.318 e. The van der Waals surface area contributed by atoms with Crippen molar-refractivity contribution in [2.45, 2.75) is 25.4 Å². The number of para-hydroxylation sites is 1. The number of H-pyrrole nitrogens is 1. The number of urea groups is 1.